The molecule has 0 saturated heterocycles. The lowest BCUT2D eigenvalue weighted by atomic mass is 10.0. The quantitative estimate of drug-likeness (QED) is 0.733. The molecular weight excluding hydrogens is 194 g/mol. The first-order chi connectivity index (χ1) is 7.02. The van der Waals surface area contributed by atoms with Gasteiger partial charge in [-0.2, -0.15) is 0 Å². The molecule has 0 aliphatic rings. The number of carbonyl (C=O) groups is 1. The Morgan fingerprint density at radius 1 is 1.47 bits per heavy atom. The van der Waals surface area contributed by atoms with Crippen LogP contribution in [0, 0.1) is 13.8 Å². The van der Waals surface area contributed by atoms with E-state index in [9.17, 15) is 9.90 Å². The van der Waals surface area contributed by atoms with Gasteiger partial charge >= 0.3 is 0 Å². The summed E-state index contributed by atoms with van der Waals surface area (Å²) in [6, 6.07) is 1.52. The van der Waals surface area contributed by atoms with Crippen LogP contribution in [0.5, 0.6) is 11.5 Å². The number of Topliss-reactive ketones (excluding diaryl/α,β-unsaturated/α-hetero) is 1. The molecule has 0 atom stereocenters. The van der Waals surface area contributed by atoms with Crippen LogP contribution in [-0.2, 0) is 0 Å². The molecule has 15 heavy (non-hydrogen) atoms. The molecule has 1 aromatic rings. The third-order valence-corrected chi connectivity index (χ3v) is 2.52. The summed E-state index contributed by atoms with van der Waals surface area (Å²) in [4.78, 5) is 11.4. The minimum absolute atomic E-state index is 0.0104. The van der Waals surface area contributed by atoms with Gasteiger partial charge in [0.2, 0.25) is 0 Å². The Labute approximate surface area is 88.7 Å². The molecule has 0 aliphatic carbocycles. The summed E-state index contributed by atoms with van der Waals surface area (Å²) >= 11 is 0. The highest BCUT2D eigenvalue weighted by atomic mass is 16.5. The average molecular weight is 209 g/mol. The van der Waals surface area contributed by atoms with E-state index < -0.39 is 0 Å². The van der Waals surface area contributed by atoms with Gasteiger partial charge in [-0.15, -0.1) is 0 Å². The number of hydrogen-bond donors (Lipinski definition) is 2. The summed E-state index contributed by atoms with van der Waals surface area (Å²) in [6.45, 7) is 3.43. The van der Waals surface area contributed by atoms with Crippen LogP contribution >= 0.6 is 0 Å². The van der Waals surface area contributed by atoms with E-state index in [1.807, 2.05) is 6.92 Å². The molecule has 0 aromatic heterocycles. The summed E-state index contributed by atoms with van der Waals surface area (Å²) in [6.07, 6.45) is 0. The van der Waals surface area contributed by atoms with Crippen molar-refractivity contribution in [2.24, 2.45) is 5.73 Å². The lowest BCUT2D eigenvalue weighted by Crippen LogP contribution is -2.14. The second-order valence-corrected chi connectivity index (χ2v) is 3.35. The number of phenols is 1. The number of nitrogens with two attached hydrogens (primary N) is 1. The van der Waals surface area contributed by atoms with Gasteiger partial charge < -0.3 is 15.6 Å². The predicted octanol–water partition coefficient (Wildman–Crippen LogP) is 1.16. The lowest BCUT2D eigenvalue weighted by Gasteiger charge is -2.12. The third-order valence-electron chi connectivity index (χ3n) is 2.52. The maximum Gasteiger partial charge on any atom is 0.180 e. The van der Waals surface area contributed by atoms with Gasteiger partial charge in [-0.1, -0.05) is 0 Å². The van der Waals surface area contributed by atoms with Crippen molar-refractivity contribution in [3.8, 4) is 11.5 Å². The van der Waals surface area contributed by atoms with E-state index in [1.165, 1.54) is 13.2 Å². The first-order valence-corrected chi connectivity index (χ1v) is 4.63. The topological polar surface area (TPSA) is 72.5 Å². The van der Waals surface area contributed by atoms with E-state index in [2.05, 4.69) is 0 Å². The standard InChI is InChI=1S/C11H15NO3/c1-6-7(2)11(14)8(9(13)5-12)4-10(6)15-3/h4,14H,5,12H2,1-3H3. The lowest BCUT2D eigenvalue weighted by molar-refractivity contribution is 0.0998. The summed E-state index contributed by atoms with van der Waals surface area (Å²) in [5.74, 6) is 0.278. The summed E-state index contributed by atoms with van der Waals surface area (Å²) in [5.41, 5.74) is 6.94. The van der Waals surface area contributed by atoms with Crippen molar-refractivity contribution in [3.05, 3.63) is 22.8 Å². The number of carbonyl (C=O) groups excluding carboxylic acids is 1. The van der Waals surface area contributed by atoms with E-state index in [0.717, 1.165) is 5.56 Å². The van der Waals surface area contributed by atoms with Crippen molar-refractivity contribution < 1.29 is 14.6 Å². The van der Waals surface area contributed by atoms with Gasteiger partial charge in [0.25, 0.3) is 0 Å². The largest absolute Gasteiger partial charge is 0.507 e. The van der Waals surface area contributed by atoms with Crippen LogP contribution in [0.15, 0.2) is 6.07 Å². The number of methoxy groups -OCH3 is 1. The number of hydrogen-bond acceptors (Lipinski definition) is 4. The Balaban J connectivity index is 3.41. The summed E-state index contributed by atoms with van der Waals surface area (Å²) in [7, 11) is 1.52. The fourth-order valence-electron chi connectivity index (χ4n) is 1.41. The van der Waals surface area contributed by atoms with Crippen molar-refractivity contribution in [2.45, 2.75) is 13.8 Å². The van der Waals surface area contributed by atoms with E-state index >= 15 is 0 Å². The molecule has 0 heterocycles. The average Bonchev–Trinajstić information content (AvgIpc) is 2.25. The second kappa shape index (κ2) is 4.31. The van der Waals surface area contributed by atoms with E-state index in [0.29, 0.717) is 11.3 Å². The maximum absolute atomic E-state index is 11.4. The fraction of sp³-hybridized carbons (Fsp3) is 0.364. The van der Waals surface area contributed by atoms with Gasteiger partial charge in [-0.3, -0.25) is 4.79 Å². The van der Waals surface area contributed by atoms with Crippen molar-refractivity contribution in [1.29, 1.82) is 0 Å². The molecule has 0 radical (unpaired) electrons. The van der Waals surface area contributed by atoms with Gasteiger partial charge in [-0.25, -0.2) is 0 Å². The van der Waals surface area contributed by atoms with Crippen LogP contribution in [0.4, 0.5) is 0 Å². The van der Waals surface area contributed by atoms with Gasteiger partial charge in [0.15, 0.2) is 5.78 Å². The van der Waals surface area contributed by atoms with Crippen LogP contribution in [0.2, 0.25) is 0 Å². The Morgan fingerprint density at radius 2 is 2.07 bits per heavy atom. The molecule has 4 heteroatoms. The third kappa shape index (κ3) is 1.94. The minimum atomic E-state index is -0.297. The van der Waals surface area contributed by atoms with Gasteiger partial charge in [0.05, 0.1) is 19.2 Å². The minimum Gasteiger partial charge on any atom is -0.507 e. The zero-order valence-corrected chi connectivity index (χ0v) is 9.13. The molecule has 1 aromatic carbocycles. The zero-order chi connectivity index (χ0) is 11.6. The van der Waals surface area contributed by atoms with Gasteiger partial charge in [0.1, 0.15) is 11.5 Å². The molecule has 0 saturated carbocycles. The molecule has 0 aliphatic heterocycles. The smallest absolute Gasteiger partial charge is 0.180 e. The predicted molar refractivity (Wildman–Crippen MR) is 57.5 cm³/mol. The van der Waals surface area contributed by atoms with Gasteiger partial charge in [-0.05, 0) is 31.0 Å². The zero-order valence-electron chi connectivity index (χ0n) is 9.13. The first-order valence-electron chi connectivity index (χ1n) is 4.63. The van der Waals surface area contributed by atoms with E-state index in [1.54, 1.807) is 6.92 Å². The van der Waals surface area contributed by atoms with E-state index in [4.69, 9.17) is 10.5 Å². The van der Waals surface area contributed by atoms with Gasteiger partial charge in [0, 0.05) is 0 Å². The molecule has 0 spiro atoms. The molecule has 3 N–H and O–H groups in total. The Kier molecular flexibility index (Phi) is 3.31. The molecule has 0 unspecified atom stereocenters. The molecule has 82 valence electrons. The molecule has 4 nitrogen and oxygen atoms in total. The molecule has 0 bridgehead atoms. The number of phenolic OH excluding ortho intramolecular Hbond substituents is 1. The molecule has 1 rings (SSSR count). The molecular formula is C11H15NO3. The van der Waals surface area contributed by atoms with Crippen LogP contribution in [0.25, 0.3) is 0 Å². The number of ketones is 1. The van der Waals surface area contributed by atoms with Crippen molar-refractivity contribution in [1.82, 2.24) is 0 Å². The van der Waals surface area contributed by atoms with Crippen LogP contribution < -0.4 is 10.5 Å². The normalized spacial score (nSPS) is 10.1. The number of aromatic hydroxyl groups is 1. The Bertz CT molecular complexity index is 399. The number of rotatable bonds is 3. The first kappa shape index (κ1) is 11.5. The van der Waals surface area contributed by atoms with Crippen molar-refractivity contribution in [3.63, 3.8) is 0 Å². The monoisotopic (exact) mass is 209 g/mol. The molecule has 0 amide bonds. The van der Waals surface area contributed by atoms with Crippen LogP contribution in [0.3, 0.4) is 0 Å². The van der Waals surface area contributed by atoms with Crippen molar-refractivity contribution in [2.75, 3.05) is 13.7 Å². The summed E-state index contributed by atoms with van der Waals surface area (Å²) in [5, 5.41) is 9.77. The van der Waals surface area contributed by atoms with Crippen molar-refractivity contribution >= 4 is 5.78 Å². The van der Waals surface area contributed by atoms with Crippen LogP contribution in [0.1, 0.15) is 21.5 Å². The summed E-state index contributed by atoms with van der Waals surface area (Å²) < 4.78 is 5.11. The SMILES string of the molecule is COc1cc(C(=O)CN)c(O)c(C)c1C. The van der Waals surface area contributed by atoms with Crippen LogP contribution in [-0.4, -0.2) is 24.5 Å². The second-order valence-electron chi connectivity index (χ2n) is 3.35. The Hall–Kier alpha value is -1.55. The maximum atomic E-state index is 11.4. The fourth-order valence-corrected chi connectivity index (χ4v) is 1.41. The molecule has 0 fully saturated rings. The highest BCUT2D eigenvalue weighted by Gasteiger charge is 2.16. The number of benzene rings is 1. The highest BCUT2D eigenvalue weighted by molar-refractivity contribution is 6.00. The van der Waals surface area contributed by atoms with E-state index in [-0.39, 0.29) is 23.6 Å². The number of ether oxygens (including phenoxy) is 1. The Morgan fingerprint density at radius 3 is 2.53 bits per heavy atom. The highest BCUT2D eigenvalue weighted by Crippen LogP contribution is 2.32.